The molecule has 52 heavy (non-hydrogen) atoms. The highest BCUT2D eigenvalue weighted by Crippen LogP contribution is 2.38. The van der Waals surface area contributed by atoms with Gasteiger partial charge in [0.05, 0.1) is 6.54 Å². The van der Waals surface area contributed by atoms with E-state index in [1.807, 2.05) is 36.4 Å². The second-order valence-electron chi connectivity index (χ2n) is 12.8. The summed E-state index contributed by atoms with van der Waals surface area (Å²) in [6.07, 6.45) is 0. The third kappa shape index (κ3) is 5.76. The van der Waals surface area contributed by atoms with E-state index in [9.17, 15) is 0 Å². The molecule has 8 aromatic carbocycles. The molecule has 0 bridgehead atoms. The zero-order valence-corrected chi connectivity index (χ0v) is 28.4. The summed E-state index contributed by atoms with van der Waals surface area (Å²) in [5.41, 5.74) is 8.81. The molecular weight excluding hydrogens is 635 g/mol. The van der Waals surface area contributed by atoms with Gasteiger partial charge in [-0.15, -0.1) is 0 Å². The van der Waals surface area contributed by atoms with Crippen LogP contribution in [0.25, 0.3) is 65.7 Å². The summed E-state index contributed by atoms with van der Waals surface area (Å²) >= 11 is 0. The number of amidine groups is 2. The molecule has 0 aliphatic carbocycles. The van der Waals surface area contributed by atoms with E-state index in [1.165, 1.54) is 27.1 Å². The van der Waals surface area contributed by atoms with E-state index in [2.05, 4.69) is 151 Å². The van der Waals surface area contributed by atoms with Crippen LogP contribution in [0.5, 0.6) is 0 Å². The average molecular weight is 668 g/mol. The van der Waals surface area contributed by atoms with Crippen LogP contribution in [0.4, 0.5) is 0 Å². The lowest BCUT2D eigenvalue weighted by Gasteiger charge is -2.11. The van der Waals surface area contributed by atoms with Crippen LogP contribution in [0.15, 0.2) is 195 Å². The molecule has 0 fully saturated rings. The van der Waals surface area contributed by atoms with Gasteiger partial charge < -0.3 is 4.42 Å². The smallest absolute Gasteiger partial charge is 0.161 e. The summed E-state index contributed by atoms with van der Waals surface area (Å²) in [5.74, 6) is 1.06. The number of furan rings is 1. The lowest BCUT2D eigenvalue weighted by molar-refractivity contribution is 0.670. The highest BCUT2D eigenvalue weighted by Gasteiger charge is 2.19. The maximum Gasteiger partial charge on any atom is 0.161 e. The first-order valence-electron chi connectivity index (χ1n) is 17.4. The predicted molar refractivity (Wildman–Crippen MR) is 219 cm³/mol. The number of para-hydroxylation sites is 1. The first-order chi connectivity index (χ1) is 25.7. The molecule has 9 rings (SSSR count). The van der Waals surface area contributed by atoms with Crippen LogP contribution in [0.3, 0.4) is 0 Å². The molecule has 246 valence electrons. The third-order valence-corrected chi connectivity index (χ3v) is 9.68. The van der Waals surface area contributed by atoms with Crippen LogP contribution >= 0.6 is 0 Å². The van der Waals surface area contributed by atoms with Gasteiger partial charge in [-0.25, -0.2) is 9.98 Å². The molecule has 0 aliphatic rings. The zero-order chi connectivity index (χ0) is 34.9. The number of hydrogen-bond donors (Lipinski definition) is 0. The second kappa shape index (κ2) is 13.4. The minimum absolute atomic E-state index is 0.455. The molecule has 0 N–H and O–H groups in total. The summed E-state index contributed by atoms with van der Waals surface area (Å²) < 4.78 is 6.54. The first-order valence-corrected chi connectivity index (χ1v) is 17.4. The predicted octanol–water partition coefficient (Wildman–Crippen LogP) is 12.3. The fraction of sp³-hybridized carbons (Fsp3) is 0.0208. The van der Waals surface area contributed by atoms with Gasteiger partial charge in [0.2, 0.25) is 0 Å². The Balaban J connectivity index is 1.19. The number of rotatable bonds is 6. The Labute approximate surface area is 301 Å². The minimum Gasteiger partial charge on any atom is -0.455 e. The molecule has 0 amide bonds. The Morgan fingerprint density at radius 1 is 0.519 bits per heavy atom. The van der Waals surface area contributed by atoms with Gasteiger partial charge in [0.25, 0.3) is 0 Å². The van der Waals surface area contributed by atoms with E-state index >= 15 is 0 Å². The molecular formula is C48H33N3O. The Hall–Kier alpha value is -6.91. The number of hydrogen-bond acceptors (Lipinski definition) is 2. The minimum atomic E-state index is 0.455. The molecule has 4 heteroatoms. The zero-order valence-electron chi connectivity index (χ0n) is 28.4. The summed E-state index contributed by atoms with van der Waals surface area (Å²) in [6.45, 7) is 4.46. The Kier molecular flexibility index (Phi) is 8.03. The molecule has 0 spiro atoms. The van der Waals surface area contributed by atoms with E-state index in [-0.39, 0.29) is 0 Å². The quantitative estimate of drug-likeness (QED) is 0.129. The monoisotopic (exact) mass is 667 g/mol. The summed E-state index contributed by atoms with van der Waals surface area (Å²) in [6, 6.07) is 60.8. The Morgan fingerprint density at radius 3 is 2.04 bits per heavy atom. The van der Waals surface area contributed by atoms with E-state index < -0.39 is 0 Å². The van der Waals surface area contributed by atoms with Gasteiger partial charge in [-0.05, 0) is 74.8 Å². The van der Waals surface area contributed by atoms with Gasteiger partial charge in [-0.1, -0.05) is 152 Å². The van der Waals surface area contributed by atoms with Crippen molar-refractivity contribution in [3.05, 3.63) is 193 Å². The standard InChI is InChI=1S/C48H33N3O/c1-49-48(43-29-28-41(35-13-3-2-4-14-35)46-45(43)42-19-9-10-21-44(42)52-46)51-47(50-31-32-22-23-33-12-5-6-16-38(33)30-32)37-26-24-36(25-27-37)40-20-11-17-34-15-7-8-18-39(34)40/h2-30H,1,31H2. The Morgan fingerprint density at radius 2 is 1.21 bits per heavy atom. The molecule has 9 aromatic rings. The number of fused-ring (bicyclic) bond motifs is 5. The van der Waals surface area contributed by atoms with Crippen LogP contribution < -0.4 is 0 Å². The van der Waals surface area contributed by atoms with Crippen molar-refractivity contribution in [2.45, 2.75) is 6.54 Å². The lowest BCUT2D eigenvalue weighted by atomic mass is 9.97. The molecule has 4 nitrogen and oxygen atoms in total. The first kappa shape index (κ1) is 31.1. The third-order valence-electron chi connectivity index (χ3n) is 9.68. The molecule has 0 saturated carbocycles. The van der Waals surface area contributed by atoms with Crippen molar-refractivity contribution in [1.29, 1.82) is 0 Å². The average Bonchev–Trinajstić information content (AvgIpc) is 3.61. The van der Waals surface area contributed by atoms with Crippen molar-refractivity contribution in [3.8, 4) is 22.3 Å². The molecule has 0 radical (unpaired) electrons. The van der Waals surface area contributed by atoms with E-state index in [4.69, 9.17) is 14.4 Å². The van der Waals surface area contributed by atoms with Crippen LogP contribution in [0.1, 0.15) is 16.7 Å². The molecule has 0 atom stereocenters. The van der Waals surface area contributed by atoms with Crippen LogP contribution in [-0.4, -0.2) is 18.4 Å². The summed E-state index contributed by atoms with van der Waals surface area (Å²) in [5, 5.41) is 6.75. The fourth-order valence-electron chi connectivity index (χ4n) is 7.11. The van der Waals surface area contributed by atoms with Crippen molar-refractivity contribution >= 4 is 61.9 Å². The molecule has 1 aromatic heterocycles. The van der Waals surface area contributed by atoms with Gasteiger partial charge in [0.1, 0.15) is 11.2 Å². The van der Waals surface area contributed by atoms with E-state index in [0.717, 1.165) is 55.3 Å². The SMILES string of the molecule is C=NC(=NC(=NCc1ccc2ccccc2c1)c1ccc(-c2cccc3ccccc23)cc1)c1ccc(-c2ccccc2)c2oc3ccccc3c12. The largest absolute Gasteiger partial charge is 0.455 e. The van der Waals surface area contributed by atoms with Gasteiger partial charge >= 0.3 is 0 Å². The van der Waals surface area contributed by atoms with Crippen LogP contribution in [-0.2, 0) is 6.54 Å². The van der Waals surface area contributed by atoms with E-state index in [1.54, 1.807) is 0 Å². The van der Waals surface area contributed by atoms with Gasteiger partial charge in [-0.3, -0.25) is 4.99 Å². The molecule has 1 heterocycles. The molecule has 0 aliphatic heterocycles. The maximum absolute atomic E-state index is 6.54. The fourth-order valence-corrected chi connectivity index (χ4v) is 7.11. The van der Waals surface area contributed by atoms with Crippen molar-refractivity contribution in [2.75, 3.05) is 0 Å². The topological polar surface area (TPSA) is 50.2 Å². The van der Waals surface area contributed by atoms with Gasteiger partial charge in [-0.2, -0.15) is 0 Å². The van der Waals surface area contributed by atoms with E-state index in [0.29, 0.717) is 18.2 Å². The Bertz CT molecular complexity index is 2820. The molecule has 0 saturated heterocycles. The van der Waals surface area contributed by atoms with Crippen molar-refractivity contribution in [2.24, 2.45) is 15.0 Å². The van der Waals surface area contributed by atoms with Crippen molar-refractivity contribution < 1.29 is 4.42 Å². The highest BCUT2D eigenvalue weighted by atomic mass is 16.3. The van der Waals surface area contributed by atoms with Crippen molar-refractivity contribution in [3.63, 3.8) is 0 Å². The van der Waals surface area contributed by atoms with Crippen molar-refractivity contribution in [1.82, 2.24) is 0 Å². The lowest BCUT2D eigenvalue weighted by Crippen LogP contribution is -2.06. The number of benzene rings is 8. The normalized spacial score (nSPS) is 12.2. The highest BCUT2D eigenvalue weighted by molar-refractivity contribution is 6.23. The maximum atomic E-state index is 6.54. The number of aliphatic imine (C=N–C) groups is 3. The van der Waals surface area contributed by atoms with Crippen LogP contribution in [0.2, 0.25) is 0 Å². The molecule has 0 unspecified atom stereocenters. The second-order valence-corrected chi connectivity index (χ2v) is 12.8. The van der Waals surface area contributed by atoms with Gasteiger partial charge in [0.15, 0.2) is 11.7 Å². The summed E-state index contributed by atoms with van der Waals surface area (Å²) in [7, 11) is 0. The number of nitrogens with zero attached hydrogens (tertiary/aromatic N) is 3. The summed E-state index contributed by atoms with van der Waals surface area (Å²) in [4.78, 5) is 14.9. The van der Waals surface area contributed by atoms with Gasteiger partial charge in [0, 0.05) is 27.5 Å². The van der Waals surface area contributed by atoms with Crippen LogP contribution in [0, 0.1) is 0 Å².